The molecule has 3 aliphatic heterocycles. The summed E-state index contributed by atoms with van der Waals surface area (Å²) in [6.07, 6.45) is -2.33. The number of amides is 1. The zero-order valence-corrected chi connectivity index (χ0v) is 18.6. The van der Waals surface area contributed by atoms with Crippen molar-refractivity contribution in [1.29, 1.82) is 0 Å². The molecule has 0 bridgehead atoms. The normalized spacial score (nSPS) is 27.5. The van der Waals surface area contributed by atoms with Crippen molar-refractivity contribution in [3.8, 4) is 0 Å². The van der Waals surface area contributed by atoms with Crippen molar-refractivity contribution in [2.75, 3.05) is 25.1 Å². The average molecular weight is 555 g/mol. The van der Waals surface area contributed by atoms with Gasteiger partial charge in [-0.15, -0.1) is 0 Å². The number of likely N-dealkylation sites (tertiary alicyclic amines) is 1. The molecule has 1 saturated heterocycles. The van der Waals surface area contributed by atoms with Crippen molar-refractivity contribution in [2.45, 2.75) is 53.7 Å². The van der Waals surface area contributed by atoms with Gasteiger partial charge in [0, 0.05) is 53.2 Å². The molecule has 0 radical (unpaired) electrons. The molecule has 0 aliphatic carbocycles. The number of nitrogens with one attached hydrogen (secondary N) is 2. The first-order valence-corrected chi connectivity index (χ1v) is 11.3. The number of halogens is 5. The first-order valence-electron chi connectivity index (χ1n) is 10.0. The molecule has 2 atom stereocenters. The number of H-pyrrole nitrogens is 1. The molecule has 1 aromatic heterocycles. The number of allylic oxidation sites excluding steroid dienone is 1. The van der Waals surface area contributed by atoms with Gasteiger partial charge in [0.1, 0.15) is 11.4 Å². The lowest BCUT2D eigenvalue weighted by Crippen LogP contribution is -2.42. The van der Waals surface area contributed by atoms with Crippen LogP contribution in [0.15, 0.2) is 16.8 Å². The zero-order chi connectivity index (χ0) is 22.4. The highest BCUT2D eigenvalue weighted by molar-refractivity contribution is 14.1. The lowest BCUT2D eigenvalue weighted by molar-refractivity contribution is -0.123. The minimum atomic E-state index is -4.38. The molecule has 0 aromatic carbocycles. The van der Waals surface area contributed by atoms with Gasteiger partial charge in [-0.1, -0.05) is 22.6 Å². The Labute approximate surface area is 189 Å². The predicted molar refractivity (Wildman–Crippen MR) is 114 cm³/mol. The number of rotatable bonds is 3. The van der Waals surface area contributed by atoms with E-state index in [9.17, 15) is 27.5 Å². The van der Waals surface area contributed by atoms with Crippen LogP contribution in [-0.4, -0.2) is 61.8 Å². The third-order valence-electron chi connectivity index (χ3n) is 6.13. The summed E-state index contributed by atoms with van der Waals surface area (Å²) < 4.78 is 51.5. The Hall–Kier alpha value is -1.70. The van der Waals surface area contributed by atoms with E-state index in [4.69, 9.17) is 0 Å². The highest BCUT2D eigenvalue weighted by atomic mass is 127. The number of amidine groups is 1. The Balaban J connectivity index is 1.49. The molecule has 4 heterocycles. The van der Waals surface area contributed by atoms with Crippen LogP contribution in [0.2, 0.25) is 0 Å². The Bertz CT molecular complexity index is 923. The summed E-state index contributed by atoms with van der Waals surface area (Å²) in [7, 11) is 0. The maximum Gasteiger partial charge on any atom is 0.415 e. The Morgan fingerprint density at radius 3 is 2.65 bits per heavy atom. The number of aromatic amines is 1. The number of aromatic nitrogens is 2. The fourth-order valence-corrected chi connectivity index (χ4v) is 5.46. The predicted octanol–water partition coefficient (Wildman–Crippen LogP) is 3.53. The summed E-state index contributed by atoms with van der Waals surface area (Å²) in [5, 5.41) is 20.6. The van der Waals surface area contributed by atoms with E-state index >= 15 is 0 Å². The Kier molecular flexibility index (Phi) is 6.05. The van der Waals surface area contributed by atoms with Gasteiger partial charge in [-0.3, -0.25) is 14.3 Å². The van der Waals surface area contributed by atoms with Crippen molar-refractivity contribution in [1.82, 2.24) is 15.1 Å². The second kappa shape index (κ2) is 8.34. The fourth-order valence-electron chi connectivity index (χ4n) is 4.55. The van der Waals surface area contributed by atoms with Gasteiger partial charge >= 0.3 is 6.18 Å². The van der Waals surface area contributed by atoms with Crippen molar-refractivity contribution in [3.63, 3.8) is 0 Å². The van der Waals surface area contributed by atoms with E-state index in [1.807, 2.05) is 4.90 Å². The third-order valence-corrected chi connectivity index (χ3v) is 7.24. The second-order valence-electron chi connectivity index (χ2n) is 8.12. The second-order valence-corrected chi connectivity index (χ2v) is 9.62. The monoisotopic (exact) mass is 555 g/mol. The molecule has 170 valence electrons. The molecule has 7 nitrogen and oxygen atoms in total. The van der Waals surface area contributed by atoms with Gasteiger partial charge < -0.3 is 15.3 Å². The smallest absolute Gasteiger partial charge is 0.384 e. The summed E-state index contributed by atoms with van der Waals surface area (Å²) in [4.78, 5) is 18.0. The van der Waals surface area contributed by atoms with E-state index < -0.39 is 33.9 Å². The lowest BCUT2D eigenvalue weighted by atomic mass is 9.80. The van der Waals surface area contributed by atoms with Crippen LogP contribution in [-0.2, 0) is 10.4 Å². The van der Waals surface area contributed by atoms with Crippen LogP contribution in [0.4, 0.5) is 23.4 Å². The number of anilines is 1. The van der Waals surface area contributed by atoms with Crippen LogP contribution < -0.4 is 5.32 Å². The van der Waals surface area contributed by atoms with Gasteiger partial charge in [0.05, 0.1) is 18.7 Å². The largest absolute Gasteiger partial charge is 0.415 e. The van der Waals surface area contributed by atoms with Crippen LogP contribution >= 0.6 is 22.6 Å². The lowest BCUT2D eigenvalue weighted by Gasteiger charge is -2.37. The molecular weight excluding hydrogens is 533 g/mol. The SMILES string of the molecule is O=C1CC(O)(CCF)c2c(n[nH]c2C2CCN(C3=NC=C(C(F)(F)F)C(I)C3)CC2)N1. The minimum absolute atomic E-state index is 0.00509. The summed E-state index contributed by atoms with van der Waals surface area (Å²) >= 11 is 1.80. The number of nitrogens with zero attached hydrogens (tertiary/aromatic N) is 3. The highest BCUT2D eigenvalue weighted by Crippen LogP contribution is 2.44. The van der Waals surface area contributed by atoms with E-state index in [1.54, 1.807) is 22.6 Å². The number of carbonyl (C=O) groups is 1. The van der Waals surface area contributed by atoms with Gasteiger partial charge in [0.25, 0.3) is 0 Å². The number of hydrogen-bond acceptors (Lipinski definition) is 5. The van der Waals surface area contributed by atoms with Crippen LogP contribution in [0.1, 0.15) is 49.3 Å². The fraction of sp³-hybridized carbons (Fsp3) is 0.632. The number of aliphatic imine (C=N–C) groups is 1. The summed E-state index contributed by atoms with van der Waals surface area (Å²) in [6.45, 7) is 0.407. The molecule has 0 saturated carbocycles. The molecule has 31 heavy (non-hydrogen) atoms. The van der Waals surface area contributed by atoms with Gasteiger partial charge in [-0.05, 0) is 12.8 Å². The first-order chi connectivity index (χ1) is 14.6. The molecule has 4 rings (SSSR count). The highest BCUT2D eigenvalue weighted by Gasteiger charge is 2.44. The van der Waals surface area contributed by atoms with Crippen LogP contribution in [0.25, 0.3) is 0 Å². The molecule has 0 spiro atoms. The molecule has 2 unspecified atom stereocenters. The number of alkyl halides is 5. The molecule has 12 heteroatoms. The van der Waals surface area contributed by atoms with Crippen molar-refractivity contribution >= 4 is 40.2 Å². The average Bonchev–Trinajstić information content (AvgIpc) is 3.12. The summed E-state index contributed by atoms with van der Waals surface area (Å²) in [6, 6.07) is 0. The van der Waals surface area contributed by atoms with Gasteiger partial charge in [0.2, 0.25) is 5.91 Å². The summed E-state index contributed by atoms with van der Waals surface area (Å²) in [5.74, 6) is 0.457. The van der Waals surface area contributed by atoms with Crippen molar-refractivity contribution < 1.29 is 27.5 Å². The Morgan fingerprint density at radius 2 is 2.03 bits per heavy atom. The minimum Gasteiger partial charge on any atom is -0.384 e. The van der Waals surface area contributed by atoms with Crippen molar-refractivity contribution in [3.05, 3.63) is 23.0 Å². The number of fused-ring (bicyclic) bond motifs is 1. The third kappa shape index (κ3) is 4.32. The van der Waals surface area contributed by atoms with Gasteiger partial charge in [-0.25, -0.2) is 4.99 Å². The standard InChI is InChI=1S/C19H22F4IN5O2/c20-4-3-18(31)8-14(30)26-17-15(18)16(27-28-17)10-1-5-29(6-2-10)13-7-12(24)11(9-25-13)19(21,22)23/h9-10,12,31H,1-8H2,(H2,26,27,28,30). The number of hydrogen-bond donors (Lipinski definition) is 3. The van der Waals surface area contributed by atoms with Crippen LogP contribution in [0, 0.1) is 0 Å². The van der Waals surface area contributed by atoms with E-state index in [-0.39, 0.29) is 31.0 Å². The van der Waals surface area contributed by atoms with Crippen LogP contribution in [0.3, 0.4) is 0 Å². The number of carbonyl (C=O) groups excluding carboxylic acids is 1. The number of aliphatic hydroxyl groups is 1. The van der Waals surface area contributed by atoms with Crippen molar-refractivity contribution in [2.24, 2.45) is 4.99 Å². The zero-order valence-electron chi connectivity index (χ0n) is 16.5. The molecule has 3 aliphatic rings. The van der Waals surface area contributed by atoms with E-state index in [0.717, 1.165) is 6.20 Å². The maximum atomic E-state index is 13.1. The molecule has 3 N–H and O–H groups in total. The van der Waals surface area contributed by atoms with Crippen LogP contribution in [0.5, 0.6) is 0 Å². The van der Waals surface area contributed by atoms with Gasteiger partial charge in [0.15, 0.2) is 5.82 Å². The molecular formula is C19H22F4IN5O2. The molecule has 1 aromatic rings. The topological polar surface area (TPSA) is 93.6 Å². The van der Waals surface area contributed by atoms with E-state index in [0.29, 0.717) is 43.0 Å². The maximum absolute atomic E-state index is 13.1. The molecule has 1 amide bonds. The van der Waals surface area contributed by atoms with E-state index in [1.165, 1.54) is 0 Å². The number of piperidine rings is 1. The Morgan fingerprint density at radius 1 is 1.32 bits per heavy atom. The quantitative estimate of drug-likeness (QED) is 0.303. The van der Waals surface area contributed by atoms with Gasteiger partial charge in [-0.2, -0.15) is 18.3 Å². The first kappa shape index (κ1) is 22.5. The van der Waals surface area contributed by atoms with E-state index in [2.05, 4.69) is 20.5 Å². The molecule has 1 fully saturated rings. The summed E-state index contributed by atoms with van der Waals surface area (Å²) in [5.41, 5.74) is -1.09.